The highest BCUT2D eigenvalue weighted by Gasteiger charge is 2.25. The minimum atomic E-state index is -0.219. The van der Waals surface area contributed by atoms with Crippen molar-refractivity contribution in [1.82, 2.24) is 10.2 Å². The Morgan fingerprint density at radius 3 is 2.56 bits per heavy atom. The van der Waals surface area contributed by atoms with Gasteiger partial charge in [0.15, 0.2) is 0 Å². The Morgan fingerprint density at radius 1 is 1.00 bits per heavy atom. The molecule has 0 radical (unpaired) electrons. The lowest BCUT2D eigenvalue weighted by atomic mass is 10.1. The average Bonchev–Trinajstić information content (AvgIpc) is 3.51. The highest BCUT2D eigenvalue weighted by molar-refractivity contribution is 7.99. The normalized spacial score (nSPS) is 12.4. The maximum Gasteiger partial charge on any atom is 0.277 e. The first-order valence-electron chi connectivity index (χ1n) is 10.6. The molecule has 0 fully saturated rings. The lowest BCUT2D eigenvalue weighted by molar-refractivity contribution is -0.113. The summed E-state index contributed by atoms with van der Waals surface area (Å²) in [5.74, 6) is 0.198. The standard InChI is InChI=1S/C25H19ClN4O3S/c26-19-9-5-17(6-10-19)23-28-29-25(33-23)34-15-22(31)27-20-11-7-18(8-12-20)24(32)30-14-13-16-3-1-2-4-21(16)30/h1-12H,13-15H2,(H,27,31). The number of hydrogen-bond acceptors (Lipinski definition) is 6. The Hall–Kier alpha value is -3.62. The summed E-state index contributed by atoms with van der Waals surface area (Å²) in [6, 6.07) is 21.9. The van der Waals surface area contributed by atoms with Crippen LogP contribution in [-0.2, 0) is 11.2 Å². The molecule has 170 valence electrons. The van der Waals surface area contributed by atoms with Crippen LogP contribution in [0.2, 0.25) is 5.02 Å². The minimum absolute atomic E-state index is 0.0498. The second-order valence-corrected chi connectivity index (χ2v) is 8.99. The van der Waals surface area contributed by atoms with E-state index in [0.717, 1.165) is 29.4 Å². The molecule has 1 aliphatic heterocycles. The molecule has 1 N–H and O–H groups in total. The summed E-state index contributed by atoms with van der Waals surface area (Å²) in [5, 5.41) is 11.7. The molecular weight excluding hydrogens is 472 g/mol. The number of amides is 2. The fourth-order valence-electron chi connectivity index (χ4n) is 3.70. The maximum absolute atomic E-state index is 12.9. The molecule has 5 rings (SSSR count). The molecule has 4 aromatic rings. The molecule has 0 saturated heterocycles. The van der Waals surface area contributed by atoms with Gasteiger partial charge in [0.05, 0.1) is 5.75 Å². The van der Waals surface area contributed by atoms with Crippen molar-refractivity contribution in [2.45, 2.75) is 11.6 Å². The number of carbonyl (C=O) groups excluding carboxylic acids is 2. The number of para-hydroxylation sites is 1. The van der Waals surface area contributed by atoms with E-state index in [1.165, 1.54) is 5.56 Å². The van der Waals surface area contributed by atoms with Gasteiger partial charge in [-0.05, 0) is 66.6 Å². The number of carbonyl (C=O) groups is 2. The molecule has 0 aliphatic carbocycles. The summed E-state index contributed by atoms with van der Waals surface area (Å²) < 4.78 is 5.60. The van der Waals surface area contributed by atoms with Crippen molar-refractivity contribution in [3.05, 3.63) is 88.9 Å². The number of benzene rings is 3. The van der Waals surface area contributed by atoms with Crippen molar-refractivity contribution in [3.63, 3.8) is 0 Å². The Bertz CT molecular complexity index is 1340. The van der Waals surface area contributed by atoms with Gasteiger partial charge in [0, 0.05) is 34.1 Å². The van der Waals surface area contributed by atoms with Crippen LogP contribution in [0, 0.1) is 0 Å². The van der Waals surface area contributed by atoms with Crippen molar-refractivity contribution in [2.24, 2.45) is 0 Å². The van der Waals surface area contributed by atoms with E-state index < -0.39 is 0 Å². The van der Waals surface area contributed by atoms with Gasteiger partial charge in [-0.3, -0.25) is 9.59 Å². The highest BCUT2D eigenvalue weighted by atomic mass is 35.5. The van der Waals surface area contributed by atoms with Gasteiger partial charge in [-0.15, -0.1) is 10.2 Å². The molecule has 1 aromatic heterocycles. The predicted molar refractivity (Wildman–Crippen MR) is 132 cm³/mol. The Kier molecular flexibility index (Phi) is 6.33. The zero-order valence-electron chi connectivity index (χ0n) is 17.9. The largest absolute Gasteiger partial charge is 0.411 e. The fraction of sp³-hybridized carbons (Fsp3) is 0.120. The molecule has 2 heterocycles. The first-order chi connectivity index (χ1) is 16.6. The van der Waals surface area contributed by atoms with Gasteiger partial charge < -0.3 is 14.6 Å². The molecule has 2 amide bonds. The van der Waals surface area contributed by atoms with E-state index in [2.05, 4.69) is 15.5 Å². The molecule has 9 heteroatoms. The maximum atomic E-state index is 12.9. The van der Waals surface area contributed by atoms with Crippen molar-refractivity contribution < 1.29 is 14.0 Å². The molecule has 34 heavy (non-hydrogen) atoms. The molecular formula is C25H19ClN4O3S. The predicted octanol–water partition coefficient (Wildman–Crippen LogP) is 5.32. The molecule has 0 atom stereocenters. The van der Waals surface area contributed by atoms with Gasteiger partial charge in [-0.2, -0.15) is 0 Å². The van der Waals surface area contributed by atoms with Crippen LogP contribution in [0.1, 0.15) is 15.9 Å². The smallest absolute Gasteiger partial charge is 0.277 e. The molecule has 0 unspecified atom stereocenters. The van der Waals surface area contributed by atoms with Crippen LogP contribution in [0.5, 0.6) is 0 Å². The van der Waals surface area contributed by atoms with Crippen LogP contribution >= 0.6 is 23.4 Å². The van der Waals surface area contributed by atoms with Crippen LogP contribution in [0.4, 0.5) is 11.4 Å². The van der Waals surface area contributed by atoms with Gasteiger partial charge in [-0.1, -0.05) is 41.6 Å². The summed E-state index contributed by atoms with van der Waals surface area (Å²) in [5.41, 5.74) is 4.07. The van der Waals surface area contributed by atoms with Gasteiger partial charge in [0.2, 0.25) is 11.8 Å². The van der Waals surface area contributed by atoms with E-state index >= 15 is 0 Å². The summed E-state index contributed by atoms with van der Waals surface area (Å²) >= 11 is 7.04. The zero-order valence-corrected chi connectivity index (χ0v) is 19.5. The number of thioether (sulfide) groups is 1. The van der Waals surface area contributed by atoms with Crippen LogP contribution in [0.25, 0.3) is 11.5 Å². The summed E-state index contributed by atoms with van der Waals surface area (Å²) in [4.78, 5) is 27.1. The molecule has 7 nitrogen and oxygen atoms in total. The zero-order chi connectivity index (χ0) is 23.5. The summed E-state index contributed by atoms with van der Waals surface area (Å²) in [6.45, 7) is 0.670. The van der Waals surface area contributed by atoms with E-state index in [9.17, 15) is 9.59 Å². The van der Waals surface area contributed by atoms with Crippen molar-refractivity contribution in [1.29, 1.82) is 0 Å². The molecule has 0 bridgehead atoms. The van der Waals surface area contributed by atoms with E-state index in [4.69, 9.17) is 16.0 Å². The fourth-order valence-corrected chi connectivity index (χ4v) is 4.39. The van der Waals surface area contributed by atoms with Crippen LogP contribution in [0.15, 0.2) is 82.4 Å². The van der Waals surface area contributed by atoms with E-state index in [1.807, 2.05) is 24.3 Å². The quantitative estimate of drug-likeness (QED) is 0.368. The van der Waals surface area contributed by atoms with Gasteiger partial charge in [-0.25, -0.2) is 0 Å². The average molecular weight is 491 g/mol. The monoisotopic (exact) mass is 490 g/mol. The lowest BCUT2D eigenvalue weighted by Crippen LogP contribution is -2.28. The Balaban J connectivity index is 1.15. The first-order valence-corrected chi connectivity index (χ1v) is 11.9. The second kappa shape index (κ2) is 9.70. The molecule has 1 aliphatic rings. The molecule has 0 spiro atoms. The third-order valence-electron chi connectivity index (χ3n) is 5.37. The number of aromatic nitrogens is 2. The van der Waals surface area contributed by atoms with Gasteiger partial charge in [0.1, 0.15) is 0 Å². The highest BCUT2D eigenvalue weighted by Crippen LogP contribution is 2.29. The number of rotatable bonds is 6. The van der Waals surface area contributed by atoms with Gasteiger partial charge in [0.25, 0.3) is 11.1 Å². The summed E-state index contributed by atoms with van der Waals surface area (Å²) in [6.07, 6.45) is 0.856. The van der Waals surface area contributed by atoms with E-state index in [1.54, 1.807) is 53.4 Å². The number of hydrogen-bond donors (Lipinski definition) is 1. The topological polar surface area (TPSA) is 88.3 Å². The van der Waals surface area contributed by atoms with Crippen molar-refractivity contribution in [2.75, 3.05) is 22.5 Å². The van der Waals surface area contributed by atoms with Crippen molar-refractivity contribution in [3.8, 4) is 11.5 Å². The Labute approximate surface area is 205 Å². The van der Waals surface area contributed by atoms with Crippen LogP contribution in [-0.4, -0.2) is 34.3 Å². The SMILES string of the molecule is O=C(CSc1nnc(-c2ccc(Cl)cc2)o1)Nc1ccc(C(=O)N2CCc3ccccc32)cc1. The third kappa shape index (κ3) is 4.83. The Morgan fingerprint density at radius 2 is 1.76 bits per heavy atom. The van der Waals surface area contributed by atoms with Gasteiger partial charge >= 0.3 is 0 Å². The third-order valence-corrected chi connectivity index (χ3v) is 6.44. The summed E-state index contributed by atoms with van der Waals surface area (Å²) in [7, 11) is 0. The molecule has 3 aromatic carbocycles. The molecule has 0 saturated carbocycles. The first kappa shape index (κ1) is 22.2. The number of halogens is 1. The van der Waals surface area contributed by atoms with Crippen molar-refractivity contribution >= 4 is 46.6 Å². The number of fused-ring (bicyclic) bond motifs is 1. The minimum Gasteiger partial charge on any atom is -0.411 e. The van der Waals surface area contributed by atoms with Crippen LogP contribution in [0.3, 0.4) is 0 Å². The number of nitrogens with one attached hydrogen (secondary N) is 1. The number of nitrogens with zero attached hydrogens (tertiary/aromatic N) is 3. The number of anilines is 2. The van der Waals surface area contributed by atoms with E-state index in [0.29, 0.717) is 33.9 Å². The second-order valence-electron chi connectivity index (χ2n) is 7.63. The van der Waals surface area contributed by atoms with E-state index in [-0.39, 0.29) is 17.6 Å². The van der Waals surface area contributed by atoms with Crippen LogP contribution < -0.4 is 10.2 Å². The lowest BCUT2D eigenvalue weighted by Gasteiger charge is -2.17.